The van der Waals surface area contributed by atoms with Gasteiger partial charge in [0.15, 0.2) is 5.82 Å². The molecule has 0 amide bonds. The second-order valence-corrected chi connectivity index (χ2v) is 7.24. The van der Waals surface area contributed by atoms with Crippen LogP contribution in [0.1, 0.15) is 51.1 Å². The van der Waals surface area contributed by atoms with Gasteiger partial charge in [-0.25, -0.2) is 19.3 Å². The molecule has 4 rings (SSSR count). The molecule has 0 spiro atoms. The van der Waals surface area contributed by atoms with Crippen LogP contribution in [0, 0.1) is 5.82 Å². The molecule has 1 aliphatic carbocycles. The average molecular weight is 354 g/mol. The summed E-state index contributed by atoms with van der Waals surface area (Å²) in [6.07, 6.45) is 6.44. The van der Waals surface area contributed by atoms with Crippen molar-refractivity contribution >= 4 is 17.0 Å². The maximum atomic E-state index is 14.6. The summed E-state index contributed by atoms with van der Waals surface area (Å²) >= 11 is 0. The highest BCUT2D eigenvalue weighted by atomic mass is 19.1. The van der Waals surface area contributed by atoms with E-state index in [0.717, 1.165) is 18.5 Å². The lowest BCUT2D eigenvalue weighted by Crippen LogP contribution is -2.16. The van der Waals surface area contributed by atoms with Gasteiger partial charge in [-0.1, -0.05) is 26.7 Å². The lowest BCUT2D eigenvalue weighted by molar-refractivity contribution is 0.628. The van der Waals surface area contributed by atoms with Crippen molar-refractivity contribution in [1.29, 1.82) is 0 Å². The van der Waals surface area contributed by atoms with Crippen LogP contribution in [0.15, 0.2) is 18.3 Å². The topological polar surface area (TPSA) is 68.5 Å². The standard InChI is InChI=1S/C19H23FN6/c1-11(2)18-17-16(25-26(18)3)13(20)10-15(23-17)14-8-9-21-19(24-14)22-12-6-4-5-7-12/h8-12H,4-7H2,1-3H3,(H,21,22,24). The summed E-state index contributed by atoms with van der Waals surface area (Å²) in [5.74, 6) is 0.389. The second-order valence-electron chi connectivity index (χ2n) is 7.24. The first-order chi connectivity index (χ1) is 12.5. The summed E-state index contributed by atoms with van der Waals surface area (Å²) in [6.45, 7) is 4.11. The fourth-order valence-corrected chi connectivity index (χ4v) is 3.74. The van der Waals surface area contributed by atoms with E-state index < -0.39 is 0 Å². The molecular weight excluding hydrogens is 331 g/mol. The minimum absolute atomic E-state index is 0.192. The van der Waals surface area contributed by atoms with Crippen LogP contribution < -0.4 is 5.32 Å². The molecule has 26 heavy (non-hydrogen) atoms. The second kappa shape index (κ2) is 6.63. The van der Waals surface area contributed by atoms with Gasteiger partial charge in [-0.05, 0) is 24.8 Å². The molecule has 1 N–H and O–H groups in total. The molecule has 6 nitrogen and oxygen atoms in total. The molecule has 0 aromatic carbocycles. The van der Waals surface area contributed by atoms with Crippen LogP contribution in [0.5, 0.6) is 0 Å². The summed E-state index contributed by atoms with van der Waals surface area (Å²) in [4.78, 5) is 13.5. The van der Waals surface area contributed by atoms with E-state index in [9.17, 15) is 4.39 Å². The maximum Gasteiger partial charge on any atom is 0.223 e. The van der Waals surface area contributed by atoms with E-state index in [1.165, 1.54) is 18.9 Å². The minimum atomic E-state index is -0.378. The fraction of sp³-hybridized carbons (Fsp3) is 0.474. The van der Waals surface area contributed by atoms with E-state index >= 15 is 0 Å². The highest BCUT2D eigenvalue weighted by Crippen LogP contribution is 2.28. The molecule has 3 aromatic rings. The van der Waals surface area contributed by atoms with Crippen molar-refractivity contribution in [2.45, 2.75) is 51.5 Å². The Morgan fingerprint density at radius 2 is 1.92 bits per heavy atom. The minimum Gasteiger partial charge on any atom is -0.351 e. The molecule has 7 heteroatoms. The van der Waals surface area contributed by atoms with Crippen molar-refractivity contribution < 1.29 is 4.39 Å². The Morgan fingerprint density at radius 3 is 2.65 bits per heavy atom. The Hall–Kier alpha value is -2.57. The first-order valence-electron chi connectivity index (χ1n) is 9.16. The van der Waals surface area contributed by atoms with Gasteiger partial charge >= 0.3 is 0 Å². The maximum absolute atomic E-state index is 14.6. The number of anilines is 1. The molecule has 0 atom stereocenters. The SMILES string of the molecule is CC(C)c1c2nc(-c3ccnc(NC4CCCC4)n3)cc(F)c2nn1C. The van der Waals surface area contributed by atoms with Crippen molar-refractivity contribution in [3.63, 3.8) is 0 Å². The number of hydrogen-bond acceptors (Lipinski definition) is 5. The first kappa shape index (κ1) is 16.9. The third-order valence-corrected chi connectivity index (χ3v) is 4.94. The highest BCUT2D eigenvalue weighted by Gasteiger charge is 2.20. The van der Waals surface area contributed by atoms with E-state index in [1.54, 1.807) is 16.9 Å². The van der Waals surface area contributed by atoms with Gasteiger partial charge in [-0.15, -0.1) is 0 Å². The Bertz CT molecular complexity index is 943. The van der Waals surface area contributed by atoms with Crippen LogP contribution in [0.3, 0.4) is 0 Å². The molecule has 0 bridgehead atoms. The Kier molecular flexibility index (Phi) is 4.30. The molecule has 3 heterocycles. The molecular formula is C19H23FN6. The number of fused-ring (bicyclic) bond motifs is 1. The summed E-state index contributed by atoms with van der Waals surface area (Å²) in [5, 5.41) is 7.67. The van der Waals surface area contributed by atoms with Gasteiger partial charge < -0.3 is 5.32 Å². The van der Waals surface area contributed by atoms with Gasteiger partial charge in [0.2, 0.25) is 5.95 Å². The van der Waals surface area contributed by atoms with E-state index in [-0.39, 0.29) is 11.7 Å². The third-order valence-electron chi connectivity index (χ3n) is 4.94. The van der Waals surface area contributed by atoms with Crippen molar-refractivity contribution in [2.75, 3.05) is 5.32 Å². The average Bonchev–Trinajstić information content (AvgIpc) is 3.22. The summed E-state index contributed by atoms with van der Waals surface area (Å²) in [6, 6.07) is 3.59. The Morgan fingerprint density at radius 1 is 1.15 bits per heavy atom. The summed E-state index contributed by atoms with van der Waals surface area (Å²) in [5.41, 5.74) is 2.93. The van der Waals surface area contributed by atoms with Crippen LogP contribution in [-0.4, -0.2) is 30.8 Å². The van der Waals surface area contributed by atoms with E-state index in [2.05, 4.69) is 39.2 Å². The van der Waals surface area contributed by atoms with Crippen molar-refractivity contribution in [3.05, 3.63) is 29.8 Å². The zero-order chi connectivity index (χ0) is 18.3. The van der Waals surface area contributed by atoms with Gasteiger partial charge in [0.1, 0.15) is 11.0 Å². The highest BCUT2D eigenvalue weighted by molar-refractivity contribution is 5.81. The molecule has 0 aliphatic heterocycles. The van der Waals surface area contributed by atoms with Crippen LogP contribution in [0.2, 0.25) is 0 Å². The van der Waals surface area contributed by atoms with Crippen LogP contribution in [-0.2, 0) is 7.05 Å². The predicted molar refractivity (Wildman–Crippen MR) is 99.5 cm³/mol. The first-order valence-corrected chi connectivity index (χ1v) is 9.16. The number of aryl methyl sites for hydroxylation is 1. The predicted octanol–water partition coefficient (Wildman–Crippen LogP) is 4.04. The Balaban J connectivity index is 1.75. The zero-order valence-electron chi connectivity index (χ0n) is 15.3. The van der Waals surface area contributed by atoms with Crippen molar-refractivity contribution in [2.24, 2.45) is 7.05 Å². The molecule has 3 aromatic heterocycles. The third kappa shape index (κ3) is 3.02. The number of nitrogens with one attached hydrogen (secondary N) is 1. The normalized spacial score (nSPS) is 15.3. The monoisotopic (exact) mass is 354 g/mol. The zero-order valence-corrected chi connectivity index (χ0v) is 15.3. The molecule has 136 valence electrons. The molecule has 1 saturated carbocycles. The van der Waals surface area contributed by atoms with E-state index in [0.29, 0.717) is 34.4 Å². The van der Waals surface area contributed by atoms with Crippen molar-refractivity contribution in [1.82, 2.24) is 24.7 Å². The van der Waals surface area contributed by atoms with E-state index in [4.69, 9.17) is 0 Å². The number of aromatic nitrogens is 5. The molecule has 0 radical (unpaired) electrons. The fourth-order valence-electron chi connectivity index (χ4n) is 3.74. The molecule has 1 aliphatic rings. The van der Waals surface area contributed by atoms with Crippen LogP contribution in [0.4, 0.5) is 10.3 Å². The number of nitrogens with zero attached hydrogens (tertiary/aromatic N) is 5. The van der Waals surface area contributed by atoms with Crippen LogP contribution in [0.25, 0.3) is 22.4 Å². The number of rotatable bonds is 4. The quantitative estimate of drug-likeness (QED) is 0.766. The largest absolute Gasteiger partial charge is 0.351 e. The van der Waals surface area contributed by atoms with Gasteiger partial charge in [-0.2, -0.15) is 5.10 Å². The molecule has 0 saturated heterocycles. The van der Waals surface area contributed by atoms with Gasteiger partial charge in [0, 0.05) is 25.4 Å². The number of halogens is 1. The van der Waals surface area contributed by atoms with Crippen molar-refractivity contribution in [3.8, 4) is 11.4 Å². The summed E-state index contributed by atoms with van der Waals surface area (Å²) in [7, 11) is 1.82. The number of pyridine rings is 1. The van der Waals surface area contributed by atoms with Crippen LogP contribution >= 0.6 is 0 Å². The number of hydrogen-bond donors (Lipinski definition) is 1. The smallest absolute Gasteiger partial charge is 0.223 e. The lowest BCUT2D eigenvalue weighted by atomic mass is 10.1. The Labute approximate surface area is 151 Å². The van der Waals surface area contributed by atoms with Gasteiger partial charge in [0.25, 0.3) is 0 Å². The van der Waals surface area contributed by atoms with E-state index in [1.807, 2.05) is 7.05 Å². The molecule has 0 unspecified atom stereocenters. The van der Waals surface area contributed by atoms with Gasteiger partial charge in [-0.3, -0.25) is 4.68 Å². The van der Waals surface area contributed by atoms with Gasteiger partial charge in [0.05, 0.1) is 17.1 Å². The lowest BCUT2D eigenvalue weighted by Gasteiger charge is -2.12. The summed E-state index contributed by atoms with van der Waals surface area (Å²) < 4.78 is 16.4. The molecule has 1 fully saturated rings.